The van der Waals surface area contributed by atoms with E-state index in [-0.39, 0.29) is 23.2 Å². The summed E-state index contributed by atoms with van der Waals surface area (Å²) in [7, 11) is 0. The predicted molar refractivity (Wildman–Crippen MR) is 92.3 cm³/mol. The lowest BCUT2D eigenvalue weighted by molar-refractivity contribution is -0.134. The van der Waals surface area contributed by atoms with Gasteiger partial charge in [-0.3, -0.25) is 9.78 Å². The number of amides is 1. The summed E-state index contributed by atoms with van der Waals surface area (Å²) in [6, 6.07) is 7.41. The Morgan fingerprint density at radius 3 is 3.12 bits per heavy atom. The van der Waals surface area contributed by atoms with Gasteiger partial charge in [-0.1, -0.05) is 17.6 Å². The molecule has 1 aliphatic carbocycles. The van der Waals surface area contributed by atoms with Crippen molar-refractivity contribution in [3.05, 3.63) is 48.1 Å². The van der Waals surface area contributed by atoms with Crippen molar-refractivity contribution in [1.82, 2.24) is 15.0 Å². The van der Waals surface area contributed by atoms with Crippen LogP contribution in [0.4, 0.5) is 0 Å². The highest BCUT2D eigenvalue weighted by Gasteiger charge is 2.48. The standard InChI is InChI=1S/C19H23N3O4/c23-18(17-6-9-21-26-17)22-10-11-25-19(14-22)7-3-4-15(19)12-24-13-16-5-1-2-8-20-16/h1-2,5-6,8-9,15H,3-4,7,10-14H2/t15-,19+/m0/s1. The van der Waals surface area contributed by atoms with E-state index in [0.29, 0.717) is 32.9 Å². The molecule has 1 spiro atoms. The van der Waals surface area contributed by atoms with E-state index in [4.69, 9.17) is 14.0 Å². The monoisotopic (exact) mass is 357 g/mol. The van der Waals surface area contributed by atoms with Gasteiger partial charge in [0.15, 0.2) is 0 Å². The average molecular weight is 357 g/mol. The molecule has 1 amide bonds. The molecular formula is C19H23N3O4. The second kappa shape index (κ2) is 7.55. The Labute approximate surface area is 152 Å². The van der Waals surface area contributed by atoms with Crippen LogP contribution >= 0.6 is 0 Å². The van der Waals surface area contributed by atoms with E-state index in [1.807, 2.05) is 23.1 Å². The highest BCUT2D eigenvalue weighted by molar-refractivity contribution is 5.91. The molecular weight excluding hydrogens is 334 g/mol. The van der Waals surface area contributed by atoms with E-state index in [1.165, 1.54) is 6.20 Å². The largest absolute Gasteiger partial charge is 0.375 e. The van der Waals surface area contributed by atoms with E-state index in [9.17, 15) is 4.79 Å². The molecule has 0 radical (unpaired) electrons. The van der Waals surface area contributed by atoms with Crippen molar-refractivity contribution < 1.29 is 18.8 Å². The van der Waals surface area contributed by atoms with Gasteiger partial charge in [-0.25, -0.2) is 0 Å². The highest BCUT2D eigenvalue weighted by Crippen LogP contribution is 2.41. The third kappa shape index (κ3) is 3.50. The number of hydrogen-bond donors (Lipinski definition) is 0. The van der Waals surface area contributed by atoms with Gasteiger partial charge in [0, 0.05) is 24.7 Å². The van der Waals surface area contributed by atoms with Crippen LogP contribution in [0.2, 0.25) is 0 Å². The van der Waals surface area contributed by atoms with Crippen molar-refractivity contribution in [2.45, 2.75) is 31.5 Å². The molecule has 138 valence electrons. The third-order valence-corrected chi connectivity index (χ3v) is 5.34. The average Bonchev–Trinajstić information content (AvgIpc) is 3.33. The van der Waals surface area contributed by atoms with E-state index < -0.39 is 0 Å². The lowest BCUT2D eigenvalue weighted by Crippen LogP contribution is -2.56. The Kier molecular flexibility index (Phi) is 4.99. The molecule has 26 heavy (non-hydrogen) atoms. The highest BCUT2D eigenvalue weighted by atomic mass is 16.5. The lowest BCUT2D eigenvalue weighted by Gasteiger charge is -2.43. The van der Waals surface area contributed by atoms with Gasteiger partial charge in [0.2, 0.25) is 5.76 Å². The number of hydrogen-bond acceptors (Lipinski definition) is 6. The second-order valence-corrected chi connectivity index (χ2v) is 6.94. The Morgan fingerprint density at radius 1 is 1.35 bits per heavy atom. The fourth-order valence-electron chi connectivity index (χ4n) is 4.00. The predicted octanol–water partition coefficient (Wildman–Crippen LogP) is 2.30. The molecule has 7 heteroatoms. The summed E-state index contributed by atoms with van der Waals surface area (Å²) in [4.78, 5) is 18.7. The first-order valence-electron chi connectivity index (χ1n) is 9.08. The van der Waals surface area contributed by atoms with Crippen LogP contribution in [0.3, 0.4) is 0 Å². The molecule has 0 unspecified atom stereocenters. The number of aromatic nitrogens is 2. The molecule has 2 aliphatic rings. The Morgan fingerprint density at radius 2 is 2.31 bits per heavy atom. The van der Waals surface area contributed by atoms with Crippen molar-refractivity contribution in [3.63, 3.8) is 0 Å². The normalized spacial score (nSPS) is 25.7. The Bertz CT molecular complexity index is 722. The zero-order chi connectivity index (χ0) is 17.8. The smallest absolute Gasteiger partial charge is 0.292 e. The minimum atomic E-state index is -0.321. The molecule has 2 atom stereocenters. The van der Waals surface area contributed by atoms with E-state index in [1.54, 1.807) is 12.3 Å². The molecule has 2 aromatic rings. The van der Waals surface area contributed by atoms with Crippen LogP contribution in [0.15, 0.2) is 41.2 Å². The van der Waals surface area contributed by atoms with Crippen molar-refractivity contribution >= 4 is 5.91 Å². The summed E-state index contributed by atoms with van der Waals surface area (Å²) in [5, 5.41) is 3.63. The van der Waals surface area contributed by atoms with Crippen LogP contribution in [0, 0.1) is 5.92 Å². The summed E-state index contributed by atoms with van der Waals surface area (Å²) < 4.78 is 17.2. The Hall–Kier alpha value is -2.25. The number of ether oxygens (including phenoxy) is 2. The molecule has 0 aromatic carbocycles. The SMILES string of the molecule is O=C(c1ccno1)N1CCO[C@]2(CCC[C@H]2COCc2ccccn2)C1. The minimum Gasteiger partial charge on any atom is -0.375 e. The van der Waals surface area contributed by atoms with Crippen molar-refractivity contribution in [3.8, 4) is 0 Å². The van der Waals surface area contributed by atoms with Gasteiger partial charge in [0.05, 0.1) is 43.9 Å². The van der Waals surface area contributed by atoms with Gasteiger partial charge >= 0.3 is 0 Å². The van der Waals surface area contributed by atoms with Gasteiger partial charge in [-0.05, 0) is 25.0 Å². The molecule has 1 saturated carbocycles. The zero-order valence-corrected chi connectivity index (χ0v) is 14.7. The van der Waals surface area contributed by atoms with Gasteiger partial charge in [-0.2, -0.15) is 0 Å². The van der Waals surface area contributed by atoms with Crippen LogP contribution in [-0.4, -0.2) is 52.9 Å². The number of carbonyl (C=O) groups is 1. The van der Waals surface area contributed by atoms with Gasteiger partial charge in [-0.15, -0.1) is 0 Å². The van der Waals surface area contributed by atoms with Crippen LogP contribution in [-0.2, 0) is 16.1 Å². The molecule has 2 aromatic heterocycles. The topological polar surface area (TPSA) is 77.7 Å². The summed E-state index contributed by atoms with van der Waals surface area (Å²) in [5.41, 5.74) is 0.601. The van der Waals surface area contributed by atoms with Crippen LogP contribution in [0.1, 0.15) is 35.5 Å². The van der Waals surface area contributed by atoms with E-state index in [2.05, 4.69) is 10.1 Å². The van der Waals surface area contributed by atoms with E-state index in [0.717, 1.165) is 25.0 Å². The van der Waals surface area contributed by atoms with Crippen LogP contribution in [0.25, 0.3) is 0 Å². The lowest BCUT2D eigenvalue weighted by atomic mass is 9.89. The molecule has 0 N–H and O–H groups in total. The van der Waals surface area contributed by atoms with Gasteiger partial charge in [0.1, 0.15) is 0 Å². The number of carbonyl (C=O) groups excluding carboxylic acids is 1. The molecule has 1 saturated heterocycles. The molecule has 7 nitrogen and oxygen atoms in total. The van der Waals surface area contributed by atoms with Gasteiger partial charge in [0.25, 0.3) is 5.91 Å². The molecule has 3 heterocycles. The van der Waals surface area contributed by atoms with Crippen molar-refractivity contribution in [2.24, 2.45) is 5.92 Å². The fourth-order valence-corrected chi connectivity index (χ4v) is 4.00. The quantitative estimate of drug-likeness (QED) is 0.817. The molecule has 4 rings (SSSR count). The summed E-state index contributed by atoms with van der Waals surface area (Å²) in [6.07, 6.45) is 6.35. The minimum absolute atomic E-state index is 0.120. The van der Waals surface area contributed by atoms with E-state index >= 15 is 0 Å². The summed E-state index contributed by atoms with van der Waals surface area (Å²) in [5.74, 6) is 0.435. The fraction of sp³-hybridized carbons (Fsp3) is 0.526. The number of pyridine rings is 1. The number of morpholine rings is 1. The maximum Gasteiger partial charge on any atom is 0.292 e. The number of rotatable bonds is 5. The maximum absolute atomic E-state index is 12.6. The zero-order valence-electron chi connectivity index (χ0n) is 14.7. The van der Waals surface area contributed by atoms with Crippen LogP contribution in [0.5, 0.6) is 0 Å². The summed E-state index contributed by atoms with van der Waals surface area (Å²) >= 11 is 0. The molecule has 1 aliphatic heterocycles. The Balaban J connectivity index is 1.38. The maximum atomic E-state index is 12.6. The first-order chi connectivity index (χ1) is 12.8. The first kappa shape index (κ1) is 17.2. The van der Waals surface area contributed by atoms with Gasteiger partial charge < -0.3 is 18.9 Å². The molecule has 2 fully saturated rings. The summed E-state index contributed by atoms with van der Waals surface area (Å²) in [6.45, 7) is 2.79. The van der Waals surface area contributed by atoms with Crippen molar-refractivity contribution in [1.29, 1.82) is 0 Å². The third-order valence-electron chi connectivity index (χ3n) is 5.34. The van der Waals surface area contributed by atoms with Crippen molar-refractivity contribution in [2.75, 3.05) is 26.3 Å². The second-order valence-electron chi connectivity index (χ2n) is 6.94. The first-order valence-corrected chi connectivity index (χ1v) is 9.08. The molecule has 0 bridgehead atoms. The van der Waals surface area contributed by atoms with Crippen LogP contribution < -0.4 is 0 Å². The number of nitrogens with zero attached hydrogens (tertiary/aromatic N) is 3.